The molecule has 1 N–H and O–H groups in total. The van der Waals surface area contributed by atoms with E-state index in [2.05, 4.69) is 20.5 Å². The van der Waals surface area contributed by atoms with E-state index in [9.17, 15) is 0 Å². The smallest absolute Gasteiger partial charge is 0.147 e. The van der Waals surface area contributed by atoms with Crippen LogP contribution in [0.3, 0.4) is 0 Å². The Bertz CT molecular complexity index is 874. The maximum absolute atomic E-state index is 5.26. The van der Waals surface area contributed by atoms with E-state index < -0.39 is 0 Å². The molecule has 1 aromatic carbocycles. The van der Waals surface area contributed by atoms with E-state index >= 15 is 0 Å². The lowest BCUT2D eigenvalue weighted by atomic mass is 10.1. The molecule has 2 heterocycles. The molecule has 0 amide bonds. The normalized spacial score (nSPS) is 11.1. The zero-order valence-corrected chi connectivity index (χ0v) is 13.4. The summed E-state index contributed by atoms with van der Waals surface area (Å²) in [6.45, 7) is 3.99. The molecule has 23 heavy (non-hydrogen) atoms. The summed E-state index contributed by atoms with van der Waals surface area (Å²) in [5, 5.41) is 5.28. The molecule has 0 saturated heterocycles. The van der Waals surface area contributed by atoms with Gasteiger partial charge in [0.25, 0.3) is 0 Å². The molecular formula is C18H18N4O. The summed E-state index contributed by atoms with van der Waals surface area (Å²) in [6.07, 6.45) is 1.68. The third-order valence-corrected chi connectivity index (χ3v) is 3.51. The van der Waals surface area contributed by atoms with Crippen molar-refractivity contribution in [3.05, 3.63) is 59.4 Å². The molecule has 0 radical (unpaired) electrons. The van der Waals surface area contributed by atoms with Gasteiger partial charge in [-0.1, -0.05) is 6.07 Å². The predicted molar refractivity (Wildman–Crippen MR) is 93.2 cm³/mol. The number of anilines is 1. The second kappa shape index (κ2) is 6.44. The Morgan fingerprint density at radius 1 is 1.09 bits per heavy atom. The molecule has 116 valence electrons. The number of benzene rings is 1. The van der Waals surface area contributed by atoms with Crippen LogP contribution < -0.4 is 10.2 Å². The zero-order chi connectivity index (χ0) is 16.2. The van der Waals surface area contributed by atoms with Crippen LogP contribution in [-0.2, 0) is 0 Å². The van der Waals surface area contributed by atoms with E-state index in [1.807, 2.05) is 56.3 Å². The fourth-order valence-electron chi connectivity index (χ4n) is 2.36. The van der Waals surface area contributed by atoms with Gasteiger partial charge in [0.2, 0.25) is 0 Å². The van der Waals surface area contributed by atoms with Crippen molar-refractivity contribution < 1.29 is 4.74 Å². The lowest BCUT2D eigenvalue weighted by molar-refractivity contribution is 0.415. The second-order valence-electron chi connectivity index (χ2n) is 5.28. The first-order chi connectivity index (χ1) is 11.2. The lowest BCUT2D eigenvalue weighted by Crippen LogP contribution is -1.97. The minimum Gasteiger partial charge on any atom is -0.497 e. The zero-order valence-electron chi connectivity index (χ0n) is 13.4. The summed E-state index contributed by atoms with van der Waals surface area (Å²) in [6, 6.07) is 13.6. The molecule has 0 bridgehead atoms. The van der Waals surface area contributed by atoms with Gasteiger partial charge in [-0.2, -0.15) is 5.10 Å². The minimum absolute atomic E-state index is 0.698. The van der Waals surface area contributed by atoms with Crippen LogP contribution in [0.2, 0.25) is 0 Å². The molecule has 2 aromatic heterocycles. The third-order valence-electron chi connectivity index (χ3n) is 3.51. The standard InChI is InChI=1S/C18H18N4O/c1-12-9-18(21-17-8-7-15(23-3)10-16(12)17)22-19-11-14-6-4-5-13(2)20-14/h4-11H,1-3H3,(H,21,22)/b19-11+. The summed E-state index contributed by atoms with van der Waals surface area (Å²) in [4.78, 5) is 8.93. The van der Waals surface area contributed by atoms with Gasteiger partial charge >= 0.3 is 0 Å². The first-order valence-electron chi connectivity index (χ1n) is 7.34. The molecule has 0 unspecified atom stereocenters. The highest BCUT2D eigenvalue weighted by Crippen LogP contribution is 2.24. The maximum atomic E-state index is 5.26. The van der Waals surface area contributed by atoms with Gasteiger partial charge < -0.3 is 4.74 Å². The van der Waals surface area contributed by atoms with Crippen LogP contribution in [0.4, 0.5) is 5.82 Å². The number of hydrogen-bond acceptors (Lipinski definition) is 5. The highest BCUT2D eigenvalue weighted by atomic mass is 16.5. The van der Waals surface area contributed by atoms with Gasteiger partial charge in [-0.15, -0.1) is 0 Å². The minimum atomic E-state index is 0.698. The van der Waals surface area contributed by atoms with Crippen molar-refractivity contribution in [1.29, 1.82) is 0 Å². The second-order valence-corrected chi connectivity index (χ2v) is 5.28. The van der Waals surface area contributed by atoms with Crippen molar-refractivity contribution >= 4 is 22.9 Å². The van der Waals surface area contributed by atoms with E-state index in [0.29, 0.717) is 5.82 Å². The average molecular weight is 306 g/mol. The first kappa shape index (κ1) is 15.0. The number of nitrogens with zero attached hydrogens (tertiary/aromatic N) is 3. The SMILES string of the molecule is COc1ccc2nc(N/N=C/c3cccc(C)n3)cc(C)c2c1. The fraction of sp³-hybridized carbons (Fsp3) is 0.167. The number of hydrogen-bond donors (Lipinski definition) is 1. The molecule has 0 fully saturated rings. The topological polar surface area (TPSA) is 59.4 Å². The maximum Gasteiger partial charge on any atom is 0.147 e. The highest BCUT2D eigenvalue weighted by molar-refractivity contribution is 5.85. The van der Waals surface area contributed by atoms with E-state index in [1.54, 1.807) is 13.3 Å². The van der Waals surface area contributed by atoms with Crippen LogP contribution in [-0.4, -0.2) is 23.3 Å². The van der Waals surface area contributed by atoms with Crippen molar-refractivity contribution in [1.82, 2.24) is 9.97 Å². The van der Waals surface area contributed by atoms with Crippen LogP contribution in [0.25, 0.3) is 10.9 Å². The molecule has 0 aliphatic rings. The Labute approximate surface area is 135 Å². The molecular weight excluding hydrogens is 288 g/mol. The van der Waals surface area contributed by atoms with Crippen LogP contribution in [0, 0.1) is 13.8 Å². The quantitative estimate of drug-likeness (QED) is 0.590. The van der Waals surface area contributed by atoms with Crippen LogP contribution in [0.5, 0.6) is 5.75 Å². The van der Waals surface area contributed by atoms with E-state index in [-0.39, 0.29) is 0 Å². The average Bonchev–Trinajstić information content (AvgIpc) is 2.55. The molecule has 3 rings (SSSR count). The van der Waals surface area contributed by atoms with Gasteiger partial charge in [0, 0.05) is 11.1 Å². The summed E-state index contributed by atoms with van der Waals surface area (Å²) in [5.74, 6) is 1.52. The number of aryl methyl sites for hydroxylation is 2. The number of hydrazone groups is 1. The van der Waals surface area contributed by atoms with Crippen molar-refractivity contribution in [2.45, 2.75) is 13.8 Å². The lowest BCUT2D eigenvalue weighted by Gasteiger charge is -2.07. The van der Waals surface area contributed by atoms with Gasteiger partial charge in [-0.25, -0.2) is 4.98 Å². The molecule has 0 atom stereocenters. The van der Waals surface area contributed by atoms with Crippen molar-refractivity contribution in [2.24, 2.45) is 5.10 Å². The Morgan fingerprint density at radius 3 is 2.74 bits per heavy atom. The van der Waals surface area contributed by atoms with Gasteiger partial charge in [-0.05, 0) is 55.8 Å². The number of rotatable bonds is 4. The Hall–Kier alpha value is -2.95. The van der Waals surface area contributed by atoms with Crippen LogP contribution >= 0.6 is 0 Å². The highest BCUT2D eigenvalue weighted by Gasteiger charge is 2.04. The predicted octanol–water partition coefficient (Wildman–Crippen LogP) is 3.70. The van der Waals surface area contributed by atoms with Crippen LogP contribution in [0.15, 0.2) is 47.6 Å². The van der Waals surface area contributed by atoms with Gasteiger partial charge in [0.15, 0.2) is 0 Å². The molecule has 0 aliphatic heterocycles. The van der Waals surface area contributed by atoms with Crippen LogP contribution in [0.1, 0.15) is 17.0 Å². The molecule has 3 aromatic rings. The Morgan fingerprint density at radius 2 is 1.96 bits per heavy atom. The van der Waals surface area contributed by atoms with E-state index in [4.69, 9.17) is 4.74 Å². The number of fused-ring (bicyclic) bond motifs is 1. The van der Waals surface area contributed by atoms with E-state index in [0.717, 1.165) is 33.6 Å². The third kappa shape index (κ3) is 3.45. The number of aromatic nitrogens is 2. The van der Waals surface area contributed by atoms with Gasteiger partial charge in [0.1, 0.15) is 11.6 Å². The number of pyridine rings is 2. The van der Waals surface area contributed by atoms with Gasteiger partial charge in [-0.3, -0.25) is 10.4 Å². The molecule has 0 saturated carbocycles. The van der Waals surface area contributed by atoms with Crippen molar-refractivity contribution in [3.8, 4) is 5.75 Å². The monoisotopic (exact) mass is 306 g/mol. The largest absolute Gasteiger partial charge is 0.497 e. The summed E-state index contributed by atoms with van der Waals surface area (Å²) < 4.78 is 5.26. The van der Waals surface area contributed by atoms with E-state index in [1.165, 1.54) is 0 Å². The molecule has 0 spiro atoms. The Kier molecular flexibility index (Phi) is 4.19. The van der Waals surface area contributed by atoms with Crippen molar-refractivity contribution in [2.75, 3.05) is 12.5 Å². The molecule has 5 nitrogen and oxygen atoms in total. The number of nitrogens with one attached hydrogen (secondary N) is 1. The molecule has 5 heteroatoms. The first-order valence-corrected chi connectivity index (χ1v) is 7.34. The number of ether oxygens (including phenoxy) is 1. The summed E-state index contributed by atoms with van der Waals surface area (Å²) >= 11 is 0. The van der Waals surface area contributed by atoms with Crippen molar-refractivity contribution in [3.63, 3.8) is 0 Å². The molecule has 0 aliphatic carbocycles. The van der Waals surface area contributed by atoms with Gasteiger partial charge in [0.05, 0.1) is 24.5 Å². The fourth-order valence-corrected chi connectivity index (χ4v) is 2.36. The Balaban J connectivity index is 1.83. The summed E-state index contributed by atoms with van der Waals surface area (Å²) in [7, 11) is 1.66. The number of methoxy groups -OCH3 is 1. The summed E-state index contributed by atoms with van der Waals surface area (Å²) in [5.41, 5.74) is 6.74.